The van der Waals surface area contributed by atoms with Crippen LogP contribution in [0.1, 0.15) is 26.7 Å². The highest BCUT2D eigenvalue weighted by Gasteiger charge is 2.45. The topological polar surface area (TPSA) is 65.1 Å². The largest absolute Gasteiger partial charge is 0.460 e. The van der Waals surface area contributed by atoms with Crippen LogP contribution < -0.4 is 0 Å². The Hall–Kier alpha value is -1.36. The Balaban J connectivity index is 2.03. The lowest BCUT2D eigenvalue weighted by molar-refractivity contribution is -0.150. The third-order valence-corrected chi connectivity index (χ3v) is 2.84. The third-order valence-electron chi connectivity index (χ3n) is 2.84. The monoisotopic (exact) mass is 240 g/mol. The molecule has 0 amide bonds. The number of carbonyl (C=O) groups excluding carboxylic acids is 2. The molecule has 2 aliphatic heterocycles. The van der Waals surface area contributed by atoms with Crippen LogP contribution in [-0.2, 0) is 23.8 Å². The van der Waals surface area contributed by atoms with Crippen LogP contribution in [0.2, 0.25) is 0 Å². The van der Waals surface area contributed by atoms with Gasteiger partial charge in [-0.2, -0.15) is 0 Å². The van der Waals surface area contributed by atoms with Crippen molar-refractivity contribution < 1.29 is 23.8 Å². The maximum Gasteiger partial charge on any atom is 0.330 e. The number of carbonyl (C=O) groups is 2. The summed E-state index contributed by atoms with van der Waals surface area (Å²) in [4.78, 5) is 22.3. The SMILES string of the molecule is CC(=O)O[C@@H]1CC[C@@H](C)OC(=O)/C=C\[C@@H]2O[C@H]21. The van der Waals surface area contributed by atoms with Gasteiger partial charge in [-0.1, -0.05) is 0 Å². The molecule has 0 N–H and O–H groups in total. The molecule has 17 heavy (non-hydrogen) atoms. The average Bonchev–Trinajstić information content (AvgIpc) is 2.99. The van der Waals surface area contributed by atoms with Crippen LogP contribution in [0, 0.1) is 0 Å². The van der Waals surface area contributed by atoms with Crippen LogP contribution in [-0.4, -0.2) is 36.4 Å². The molecule has 2 aliphatic rings. The smallest absolute Gasteiger partial charge is 0.330 e. The second kappa shape index (κ2) is 4.87. The number of esters is 2. The lowest BCUT2D eigenvalue weighted by atomic mass is 10.1. The molecule has 0 spiro atoms. The summed E-state index contributed by atoms with van der Waals surface area (Å²) in [5.74, 6) is -0.660. The fourth-order valence-electron chi connectivity index (χ4n) is 1.96. The molecule has 0 saturated carbocycles. The average molecular weight is 240 g/mol. The molecule has 2 rings (SSSR count). The Labute approximate surface area is 99.7 Å². The van der Waals surface area contributed by atoms with Crippen LogP contribution in [0.5, 0.6) is 0 Å². The number of epoxide rings is 1. The fraction of sp³-hybridized carbons (Fsp3) is 0.667. The zero-order valence-electron chi connectivity index (χ0n) is 9.92. The minimum Gasteiger partial charge on any atom is -0.460 e. The molecule has 0 radical (unpaired) electrons. The van der Waals surface area contributed by atoms with Crippen LogP contribution in [0.15, 0.2) is 12.2 Å². The van der Waals surface area contributed by atoms with Gasteiger partial charge in [0.2, 0.25) is 0 Å². The molecule has 94 valence electrons. The highest BCUT2D eigenvalue weighted by molar-refractivity contribution is 5.82. The molecule has 1 fully saturated rings. The van der Waals surface area contributed by atoms with Crippen molar-refractivity contribution in [2.24, 2.45) is 0 Å². The van der Waals surface area contributed by atoms with E-state index in [1.807, 2.05) is 6.92 Å². The molecule has 0 aromatic carbocycles. The van der Waals surface area contributed by atoms with Gasteiger partial charge in [0.05, 0.1) is 6.10 Å². The van der Waals surface area contributed by atoms with Crippen molar-refractivity contribution in [2.75, 3.05) is 0 Å². The summed E-state index contributed by atoms with van der Waals surface area (Å²) in [6, 6.07) is 0. The van der Waals surface area contributed by atoms with Gasteiger partial charge >= 0.3 is 11.9 Å². The standard InChI is InChI=1S/C12H16O5/c1-7-3-4-9(16-8(2)13)12-10(17-12)5-6-11(14)15-7/h5-7,9-10,12H,3-4H2,1-2H3/b6-5-/t7-,9-,10+,12+/m1/s1. The van der Waals surface area contributed by atoms with E-state index >= 15 is 0 Å². The molecule has 4 atom stereocenters. The van der Waals surface area contributed by atoms with Crippen LogP contribution in [0.4, 0.5) is 0 Å². The van der Waals surface area contributed by atoms with Gasteiger partial charge in [-0.05, 0) is 25.8 Å². The molecule has 5 heteroatoms. The van der Waals surface area contributed by atoms with E-state index in [9.17, 15) is 9.59 Å². The second-order valence-corrected chi connectivity index (χ2v) is 4.40. The summed E-state index contributed by atoms with van der Waals surface area (Å²) >= 11 is 0. The minimum absolute atomic E-state index is 0.117. The van der Waals surface area contributed by atoms with E-state index < -0.39 is 0 Å². The molecule has 0 aromatic rings. The van der Waals surface area contributed by atoms with E-state index in [1.54, 1.807) is 6.08 Å². The van der Waals surface area contributed by atoms with Gasteiger partial charge in [-0.15, -0.1) is 0 Å². The lowest BCUT2D eigenvalue weighted by Crippen LogP contribution is -2.26. The normalized spacial score (nSPS) is 38.6. The van der Waals surface area contributed by atoms with Gasteiger partial charge < -0.3 is 14.2 Å². The van der Waals surface area contributed by atoms with Crippen LogP contribution in [0.25, 0.3) is 0 Å². The third kappa shape index (κ3) is 3.30. The number of fused-ring (bicyclic) bond motifs is 1. The maximum absolute atomic E-state index is 11.3. The van der Waals surface area contributed by atoms with E-state index in [-0.39, 0.29) is 36.4 Å². The summed E-state index contributed by atoms with van der Waals surface area (Å²) in [6.45, 7) is 3.21. The highest BCUT2D eigenvalue weighted by atomic mass is 16.6. The number of cyclic esters (lactones) is 1. The van der Waals surface area contributed by atoms with E-state index in [0.717, 1.165) is 0 Å². The molecule has 1 saturated heterocycles. The van der Waals surface area contributed by atoms with E-state index in [2.05, 4.69) is 0 Å². The molecule has 0 bridgehead atoms. The molecule has 0 aliphatic carbocycles. The Kier molecular flexibility index (Phi) is 3.47. The molecule has 0 unspecified atom stereocenters. The summed E-state index contributed by atoms with van der Waals surface area (Å²) < 4.78 is 15.7. The first kappa shape index (κ1) is 12.1. The van der Waals surface area contributed by atoms with E-state index in [1.165, 1.54) is 13.0 Å². The van der Waals surface area contributed by atoms with Crippen molar-refractivity contribution in [2.45, 2.75) is 51.1 Å². The van der Waals surface area contributed by atoms with E-state index in [4.69, 9.17) is 14.2 Å². The van der Waals surface area contributed by atoms with E-state index in [0.29, 0.717) is 12.8 Å². The Morgan fingerprint density at radius 3 is 2.94 bits per heavy atom. The predicted molar refractivity (Wildman–Crippen MR) is 58.1 cm³/mol. The first-order valence-electron chi connectivity index (χ1n) is 5.78. The highest BCUT2D eigenvalue weighted by Crippen LogP contribution is 2.32. The summed E-state index contributed by atoms with van der Waals surface area (Å²) in [6.07, 6.45) is 3.64. The maximum atomic E-state index is 11.3. The van der Waals surface area contributed by atoms with Gasteiger partial charge in [0.1, 0.15) is 18.3 Å². The number of rotatable bonds is 1. The number of hydrogen-bond donors (Lipinski definition) is 0. The van der Waals surface area contributed by atoms with Crippen molar-refractivity contribution in [1.82, 2.24) is 0 Å². The first-order chi connectivity index (χ1) is 8.06. The van der Waals surface area contributed by atoms with Gasteiger partial charge in [-0.25, -0.2) is 4.79 Å². The van der Waals surface area contributed by atoms with Crippen molar-refractivity contribution in [3.8, 4) is 0 Å². The molecular weight excluding hydrogens is 224 g/mol. The predicted octanol–water partition coefficient (Wildman–Crippen LogP) is 0.967. The van der Waals surface area contributed by atoms with Crippen molar-refractivity contribution in [1.29, 1.82) is 0 Å². The van der Waals surface area contributed by atoms with Crippen LogP contribution in [0.3, 0.4) is 0 Å². The summed E-state index contributed by atoms with van der Waals surface area (Å²) in [7, 11) is 0. The van der Waals surface area contributed by atoms with Crippen LogP contribution >= 0.6 is 0 Å². The zero-order valence-corrected chi connectivity index (χ0v) is 9.92. The van der Waals surface area contributed by atoms with Crippen molar-refractivity contribution >= 4 is 11.9 Å². The van der Waals surface area contributed by atoms with Gasteiger partial charge in [0.15, 0.2) is 0 Å². The Morgan fingerprint density at radius 2 is 2.24 bits per heavy atom. The minimum atomic E-state index is -0.349. The number of hydrogen-bond acceptors (Lipinski definition) is 5. The van der Waals surface area contributed by atoms with Crippen molar-refractivity contribution in [3.63, 3.8) is 0 Å². The Bertz CT molecular complexity index is 349. The first-order valence-corrected chi connectivity index (χ1v) is 5.78. The molecule has 0 aromatic heterocycles. The number of ether oxygens (including phenoxy) is 3. The fourth-order valence-corrected chi connectivity index (χ4v) is 1.96. The van der Waals surface area contributed by atoms with Crippen molar-refractivity contribution in [3.05, 3.63) is 12.2 Å². The zero-order chi connectivity index (χ0) is 12.4. The summed E-state index contributed by atoms with van der Waals surface area (Å²) in [5, 5.41) is 0. The molecule has 2 heterocycles. The summed E-state index contributed by atoms with van der Waals surface area (Å²) in [5.41, 5.74) is 0. The molecule has 5 nitrogen and oxygen atoms in total. The second-order valence-electron chi connectivity index (χ2n) is 4.40. The Morgan fingerprint density at radius 1 is 1.47 bits per heavy atom. The van der Waals surface area contributed by atoms with Gasteiger partial charge in [-0.3, -0.25) is 4.79 Å². The molecular formula is C12H16O5. The quantitative estimate of drug-likeness (QED) is 0.504. The lowest BCUT2D eigenvalue weighted by Gasteiger charge is -2.18. The van der Waals surface area contributed by atoms with Gasteiger partial charge in [0, 0.05) is 13.0 Å². The van der Waals surface area contributed by atoms with Gasteiger partial charge in [0.25, 0.3) is 0 Å².